The number of amides is 2. The zero-order valence-electron chi connectivity index (χ0n) is 12.7. The minimum absolute atomic E-state index is 0.157. The SMILES string of the molecule is O=C(N[C@@H]1CC[C@H](C(=O)Nc2cc(F)ccc2F)C1)c1ccco1. The third-order valence-corrected chi connectivity index (χ3v) is 4.07. The molecule has 1 aromatic heterocycles. The first-order chi connectivity index (χ1) is 11.5. The molecule has 5 nitrogen and oxygen atoms in total. The number of carbonyl (C=O) groups excluding carboxylic acids is 2. The number of carbonyl (C=O) groups is 2. The van der Waals surface area contributed by atoms with Gasteiger partial charge < -0.3 is 15.1 Å². The highest BCUT2D eigenvalue weighted by atomic mass is 19.1. The van der Waals surface area contributed by atoms with Gasteiger partial charge in [0.2, 0.25) is 5.91 Å². The Morgan fingerprint density at radius 2 is 2.00 bits per heavy atom. The zero-order valence-corrected chi connectivity index (χ0v) is 12.7. The summed E-state index contributed by atoms with van der Waals surface area (Å²) in [5, 5.41) is 5.21. The van der Waals surface area contributed by atoms with E-state index >= 15 is 0 Å². The van der Waals surface area contributed by atoms with Crippen molar-refractivity contribution in [3.63, 3.8) is 0 Å². The lowest BCUT2D eigenvalue weighted by Crippen LogP contribution is -2.33. The Bertz CT molecular complexity index is 746. The first-order valence-corrected chi connectivity index (χ1v) is 7.63. The van der Waals surface area contributed by atoms with Gasteiger partial charge in [-0.15, -0.1) is 0 Å². The van der Waals surface area contributed by atoms with E-state index in [0.717, 1.165) is 18.2 Å². The van der Waals surface area contributed by atoms with E-state index in [2.05, 4.69) is 10.6 Å². The molecule has 2 N–H and O–H groups in total. The number of anilines is 1. The van der Waals surface area contributed by atoms with E-state index in [4.69, 9.17) is 4.42 Å². The van der Waals surface area contributed by atoms with Crippen LogP contribution in [0.25, 0.3) is 0 Å². The Hall–Kier alpha value is -2.70. The summed E-state index contributed by atoms with van der Waals surface area (Å²) in [6.45, 7) is 0. The fourth-order valence-corrected chi connectivity index (χ4v) is 2.84. The molecule has 126 valence electrons. The number of halogens is 2. The molecule has 1 heterocycles. The first kappa shape index (κ1) is 16.2. The second-order valence-corrected chi connectivity index (χ2v) is 5.77. The lowest BCUT2D eigenvalue weighted by molar-refractivity contribution is -0.119. The van der Waals surface area contributed by atoms with Crippen LogP contribution < -0.4 is 10.6 Å². The van der Waals surface area contributed by atoms with Gasteiger partial charge in [-0.3, -0.25) is 9.59 Å². The molecular formula is C17H16F2N2O3. The van der Waals surface area contributed by atoms with Gasteiger partial charge in [0.05, 0.1) is 12.0 Å². The van der Waals surface area contributed by atoms with Gasteiger partial charge in [0, 0.05) is 18.0 Å². The van der Waals surface area contributed by atoms with Crippen LogP contribution in [0.5, 0.6) is 0 Å². The number of hydrogen-bond acceptors (Lipinski definition) is 3. The van der Waals surface area contributed by atoms with Crippen molar-refractivity contribution in [2.24, 2.45) is 5.92 Å². The van der Waals surface area contributed by atoms with Crippen molar-refractivity contribution in [3.8, 4) is 0 Å². The molecule has 0 radical (unpaired) electrons. The Labute approximate surface area is 137 Å². The van der Waals surface area contributed by atoms with Gasteiger partial charge >= 0.3 is 0 Å². The summed E-state index contributed by atoms with van der Waals surface area (Å²) in [6.07, 6.45) is 3.05. The van der Waals surface area contributed by atoms with Crippen molar-refractivity contribution in [1.29, 1.82) is 0 Å². The Kier molecular flexibility index (Phi) is 4.59. The highest BCUT2D eigenvalue weighted by molar-refractivity contribution is 5.93. The van der Waals surface area contributed by atoms with Crippen molar-refractivity contribution in [1.82, 2.24) is 5.32 Å². The number of benzene rings is 1. The summed E-state index contributed by atoms with van der Waals surface area (Å²) < 4.78 is 31.7. The molecule has 0 unspecified atom stereocenters. The van der Waals surface area contributed by atoms with E-state index in [1.54, 1.807) is 12.1 Å². The zero-order chi connectivity index (χ0) is 17.1. The van der Waals surface area contributed by atoms with Crippen LogP contribution in [0.4, 0.5) is 14.5 Å². The summed E-state index contributed by atoms with van der Waals surface area (Å²) in [5.74, 6) is -2.18. The molecule has 0 aliphatic heterocycles. The van der Waals surface area contributed by atoms with Crippen LogP contribution in [0.1, 0.15) is 29.8 Å². The largest absolute Gasteiger partial charge is 0.459 e. The van der Waals surface area contributed by atoms with E-state index in [1.807, 2.05) is 0 Å². The van der Waals surface area contributed by atoms with Crippen LogP contribution in [0, 0.1) is 17.6 Å². The molecule has 1 aliphatic carbocycles. The number of hydrogen-bond donors (Lipinski definition) is 2. The second-order valence-electron chi connectivity index (χ2n) is 5.77. The number of nitrogens with one attached hydrogen (secondary N) is 2. The van der Waals surface area contributed by atoms with Gasteiger partial charge in [0.1, 0.15) is 11.6 Å². The van der Waals surface area contributed by atoms with Crippen LogP contribution in [0.15, 0.2) is 41.0 Å². The predicted octanol–water partition coefficient (Wildman–Crippen LogP) is 3.10. The topological polar surface area (TPSA) is 71.3 Å². The molecule has 2 atom stereocenters. The Morgan fingerprint density at radius 1 is 1.17 bits per heavy atom. The van der Waals surface area contributed by atoms with Crippen molar-refractivity contribution in [3.05, 3.63) is 54.0 Å². The van der Waals surface area contributed by atoms with Gasteiger partial charge in [-0.25, -0.2) is 8.78 Å². The molecule has 1 aromatic carbocycles. The van der Waals surface area contributed by atoms with E-state index in [1.165, 1.54) is 6.26 Å². The van der Waals surface area contributed by atoms with Crippen molar-refractivity contribution in [2.45, 2.75) is 25.3 Å². The normalized spacial score (nSPS) is 19.9. The molecule has 1 aliphatic rings. The fourth-order valence-electron chi connectivity index (χ4n) is 2.84. The lowest BCUT2D eigenvalue weighted by atomic mass is 10.1. The summed E-state index contributed by atoms with van der Waals surface area (Å²) >= 11 is 0. The number of furan rings is 1. The third kappa shape index (κ3) is 3.61. The molecule has 2 aromatic rings. The van der Waals surface area contributed by atoms with Gasteiger partial charge in [-0.1, -0.05) is 0 Å². The fraction of sp³-hybridized carbons (Fsp3) is 0.294. The van der Waals surface area contributed by atoms with Gasteiger partial charge in [-0.05, 0) is 43.5 Å². The summed E-state index contributed by atoms with van der Waals surface area (Å²) in [7, 11) is 0. The maximum Gasteiger partial charge on any atom is 0.287 e. The van der Waals surface area contributed by atoms with Crippen molar-refractivity contribution in [2.75, 3.05) is 5.32 Å². The summed E-state index contributed by atoms with van der Waals surface area (Å²) in [5.41, 5.74) is -0.178. The molecule has 0 bridgehead atoms. The third-order valence-electron chi connectivity index (χ3n) is 4.07. The van der Waals surface area contributed by atoms with Gasteiger partial charge in [0.25, 0.3) is 5.91 Å². The Balaban J connectivity index is 1.56. The lowest BCUT2D eigenvalue weighted by Gasteiger charge is -2.13. The highest BCUT2D eigenvalue weighted by Crippen LogP contribution is 2.28. The minimum atomic E-state index is -0.689. The maximum atomic E-state index is 13.6. The molecule has 24 heavy (non-hydrogen) atoms. The smallest absolute Gasteiger partial charge is 0.287 e. The van der Waals surface area contributed by atoms with Crippen LogP contribution in [-0.4, -0.2) is 17.9 Å². The average Bonchev–Trinajstić information content (AvgIpc) is 3.22. The number of rotatable bonds is 4. The van der Waals surface area contributed by atoms with Gasteiger partial charge in [0.15, 0.2) is 5.76 Å². The van der Waals surface area contributed by atoms with E-state index in [-0.39, 0.29) is 35.2 Å². The van der Waals surface area contributed by atoms with Crippen molar-refractivity contribution >= 4 is 17.5 Å². The van der Waals surface area contributed by atoms with Crippen LogP contribution in [0.2, 0.25) is 0 Å². The molecule has 1 fully saturated rings. The van der Waals surface area contributed by atoms with Crippen LogP contribution in [-0.2, 0) is 4.79 Å². The molecule has 2 amide bonds. The minimum Gasteiger partial charge on any atom is -0.459 e. The standard InChI is InChI=1S/C17H16F2N2O3/c18-11-4-6-13(19)14(9-11)21-16(22)10-3-5-12(8-10)20-17(23)15-2-1-7-24-15/h1-2,4,6-7,9-10,12H,3,5,8H2,(H,20,23)(H,21,22)/t10-,12+/m0/s1. The predicted molar refractivity (Wildman–Crippen MR) is 82.3 cm³/mol. The molecule has 1 saturated carbocycles. The average molecular weight is 334 g/mol. The summed E-state index contributed by atoms with van der Waals surface area (Å²) in [4.78, 5) is 24.1. The first-order valence-electron chi connectivity index (χ1n) is 7.63. The quantitative estimate of drug-likeness (QED) is 0.902. The van der Waals surface area contributed by atoms with E-state index in [0.29, 0.717) is 19.3 Å². The van der Waals surface area contributed by atoms with E-state index in [9.17, 15) is 18.4 Å². The molecular weight excluding hydrogens is 318 g/mol. The van der Waals surface area contributed by atoms with Crippen molar-refractivity contribution < 1.29 is 22.8 Å². The molecule has 0 spiro atoms. The molecule has 7 heteroatoms. The highest BCUT2D eigenvalue weighted by Gasteiger charge is 2.31. The second kappa shape index (κ2) is 6.82. The van der Waals surface area contributed by atoms with E-state index < -0.39 is 11.6 Å². The monoisotopic (exact) mass is 334 g/mol. The molecule has 0 saturated heterocycles. The Morgan fingerprint density at radius 3 is 2.75 bits per heavy atom. The summed E-state index contributed by atoms with van der Waals surface area (Å²) in [6, 6.07) is 5.91. The molecule has 3 rings (SSSR count). The maximum absolute atomic E-state index is 13.6. The van der Waals surface area contributed by atoms with Crippen LogP contribution in [0.3, 0.4) is 0 Å². The van der Waals surface area contributed by atoms with Gasteiger partial charge in [-0.2, -0.15) is 0 Å². The van der Waals surface area contributed by atoms with Crippen LogP contribution >= 0.6 is 0 Å².